The number of hydrogen-bond acceptors (Lipinski definition) is 6. The molecule has 3 saturated carbocycles. The maximum atomic E-state index is 12.8. The summed E-state index contributed by atoms with van der Waals surface area (Å²) in [5, 5.41) is 13.0. The number of aliphatic hydroxyl groups excluding tert-OH is 1. The topological polar surface area (TPSA) is 106 Å². The molecule has 5 rings (SSSR count). The van der Waals surface area contributed by atoms with Crippen LogP contribution >= 0.6 is 0 Å². The zero-order valence-corrected chi connectivity index (χ0v) is 23.0. The monoisotopic (exact) mass is 522 g/mol. The molecule has 0 aromatic carbocycles. The van der Waals surface area contributed by atoms with Gasteiger partial charge in [-0.05, 0) is 87.2 Å². The van der Waals surface area contributed by atoms with Gasteiger partial charge >= 0.3 is 5.97 Å². The van der Waals surface area contributed by atoms with Crippen LogP contribution in [-0.4, -0.2) is 40.4 Å². The van der Waals surface area contributed by atoms with Gasteiger partial charge in [-0.2, -0.15) is 0 Å². The average molecular weight is 523 g/mol. The summed E-state index contributed by atoms with van der Waals surface area (Å²) in [5.41, 5.74) is 3.00. The van der Waals surface area contributed by atoms with Gasteiger partial charge in [0, 0.05) is 42.3 Å². The Hall–Kier alpha value is -2.54. The van der Waals surface area contributed by atoms with Crippen LogP contribution in [0, 0.1) is 35.5 Å². The van der Waals surface area contributed by atoms with Crippen molar-refractivity contribution in [1.29, 1.82) is 0 Å². The molecule has 1 aromatic heterocycles. The highest BCUT2D eigenvalue weighted by Crippen LogP contribution is 2.65. The fraction of sp³-hybridized carbons (Fsp3) is 0.677. The molecule has 4 aliphatic rings. The lowest BCUT2D eigenvalue weighted by molar-refractivity contribution is -0.160. The molecule has 0 spiro atoms. The maximum absolute atomic E-state index is 12.8. The lowest BCUT2D eigenvalue weighted by Gasteiger charge is -2.57. The second-order valence-corrected chi connectivity index (χ2v) is 12.6. The summed E-state index contributed by atoms with van der Waals surface area (Å²) < 4.78 is 6.03. The number of nitrogens with zero attached hydrogens (tertiary/aromatic N) is 1. The van der Waals surface area contributed by atoms with E-state index in [1.807, 2.05) is 19.1 Å². The number of hydrogen-bond donors (Lipinski definition) is 2. The number of carbonyl (C=O) groups excluding carboxylic acids is 3. The summed E-state index contributed by atoms with van der Waals surface area (Å²) in [6.45, 7) is 6.65. The molecule has 7 heteroatoms. The van der Waals surface area contributed by atoms with Gasteiger partial charge in [-0.3, -0.25) is 19.4 Å². The molecule has 206 valence electrons. The van der Waals surface area contributed by atoms with Gasteiger partial charge in [-0.1, -0.05) is 25.5 Å². The number of fused-ring (bicyclic) bond motifs is 5. The van der Waals surface area contributed by atoms with E-state index in [1.165, 1.54) is 5.57 Å². The molecule has 1 heterocycles. The van der Waals surface area contributed by atoms with E-state index in [0.717, 1.165) is 50.6 Å². The zero-order valence-electron chi connectivity index (χ0n) is 23.0. The third kappa shape index (κ3) is 5.06. The van der Waals surface area contributed by atoms with Gasteiger partial charge < -0.3 is 15.2 Å². The van der Waals surface area contributed by atoms with Crippen LogP contribution in [0.4, 0.5) is 0 Å². The van der Waals surface area contributed by atoms with E-state index in [-0.39, 0.29) is 54.0 Å². The molecule has 38 heavy (non-hydrogen) atoms. The predicted molar refractivity (Wildman–Crippen MR) is 143 cm³/mol. The van der Waals surface area contributed by atoms with Gasteiger partial charge in [-0.15, -0.1) is 0 Å². The highest BCUT2D eigenvalue weighted by molar-refractivity contribution is 5.91. The third-order valence-corrected chi connectivity index (χ3v) is 10.5. The van der Waals surface area contributed by atoms with E-state index >= 15 is 0 Å². The molecular weight excluding hydrogens is 480 g/mol. The maximum Gasteiger partial charge on any atom is 0.306 e. The summed E-state index contributed by atoms with van der Waals surface area (Å²) in [6.07, 6.45) is 10.6. The molecule has 7 nitrogen and oxygen atoms in total. The Kier molecular flexibility index (Phi) is 7.51. The number of amides is 1. The van der Waals surface area contributed by atoms with Crippen LogP contribution in [-0.2, 0) is 19.1 Å². The Bertz CT molecular complexity index is 1110. The fourth-order valence-electron chi connectivity index (χ4n) is 8.23. The van der Waals surface area contributed by atoms with Crippen molar-refractivity contribution >= 4 is 17.7 Å². The van der Waals surface area contributed by atoms with Gasteiger partial charge in [0.15, 0.2) is 5.78 Å². The van der Waals surface area contributed by atoms with Gasteiger partial charge in [0.05, 0.1) is 12.5 Å². The molecule has 7 atom stereocenters. The Morgan fingerprint density at radius 2 is 1.92 bits per heavy atom. The van der Waals surface area contributed by atoms with Crippen LogP contribution in [0.15, 0.2) is 30.0 Å². The van der Waals surface area contributed by atoms with Gasteiger partial charge in [0.25, 0.3) is 0 Å². The number of rotatable bonds is 7. The van der Waals surface area contributed by atoms with Gasteiger partial charge in [-0.25, -0.2) is 0 Å². The Labute approximate surface area is 225 Å². The Balaban J connectivity index is 1.12. The van der Waals surface area contributed by atoms with E-state index < -0.39 is 6.10 Å². The van der Waals surface area contributed by atoms with E-state index in [0.29, 0.717) is 29.7 Å². The minimum atomic E-state index is -0.841. The molecule has 0 saturated heterocycles. The molecule has 4 aliphatic carbocycles. The Morgan fingerprint density at radius 1 is 1.11 bits per heavy atom. The molecule has 0 radical (unpaired) electrons. The number of ketones is 1. The Morgan fingerprint density at radius 3 is 2.68 bits per heavy atom. The van der Waals surface area contributed by atoms with Crippen LogP contribution in [0.5, 0.6) is 0 Å². The lowest BCUT2D eigenvalue weighted by atomic mass is 9.47. The van der Waals surface area contributed by atoms with Crippen molar-refractivity contribution in [2.24, 2.45) is 28.6 Å². The molecule has 1 amide bonds. The van der Waals surface area contributed by atoms with Crippen molar-refractivity contribution in [2.75, 3.05) is 6.54 Å². The smallest absolute Gasteiger partial charge is 0.306 e. The van der Waals surface area contributed by atoms with Crippen LogP contribution < -0.4 is 5.32 Å². The van der Waals surface area contributed by atoms with Gasteiger partial charge in [0.1, 0.15) is 6.10 Å². The van der Waals surface area contributed by atoms with Crippen LogP contribution in [0.3, 0.4) is 0 Å². The standard InChI is InChI=1S/C31H42N2O5/c1-19-4-5-20(17-32-19)26(35)18-33-28(36)10-11-29(37)38-27-9-8-24-23-7-6-21-16-22(34)12-14-30(21,2)25(23)13-15-31(24,27)3/h4-5,16-17,23-27,35H,6-15,18H2,1-3H3,(H,33,36)/t23-,24-,25-,26-,27-,30+,31+/m1/s1. The summed E-state index contributed by atoms with van der Waals surface area (Å²) in [6, 6.07) is 3.61. The van der Waals surface area contributed by atoms with Crippen molar-refractivity contribution in [2.45, 2.75) is 97.2 Å². The van der Waals surface area contributed by atoms with E-state index in [2.05, 4.69) is 24.1 Å². The van der Waals surface area contributed by atoms with E-state index in [1.54, 1.807) is 12.3 Å². The fourth-order valence-corrected chi connectivity index (χ4v) is 8.23. The van der Waals surface area contributed by atoms with Crippen molar-refractivity contribution in [3.63, 3.8) is 0 Å². The highest BCUT2D eigenvalue weighted by Gasteiger charge is 2.59. The second-order valence-electron chi connectivity index (χ2n) is 12.6. The van der Waals surface area contributed by atoms with Crippen molar-refractivity contribution in [3.8, 4) is 0 Å². The third-order valence-electron chi connectivity index (χ3n) is 10.5. The van der Waals surface area contributed by atoms with Crippen molar-refractivity contribution < 1.29 is 24.2 Å². The number of allylic oxidation sites excluding steroid dienone is 1. The van der Waals surface area contributed by atoms with E-state index in [4.69, 9.17) is 4.74 Å². The molecule has 2 N–H and O–H groups in total. The first-order valence-corrected chi connectivity index (χ1v) is 14.4. The summed E-state index contributed by atoms with van der Waals surface area (Å²) >= 11 is 0. The first-order valence-electron chi connectivity index (χ1n) is 14.4. The SMILES string of the molecule is Cc1ccc([C@H](O)CNC(=O)CCC(=O)O[C@@H]2CC[C@@H]3[C@H]4CCC5=CC(=O)CC[C@]5(C)[C@@H]4CC[C@@]32C)cn1. The average Bonchev–Trinajstić information content (AvgIpc) is 3.22. The van der Waals surface area contributed by atoms with Crippen molar-refractivity contribution in [1.82, 2.24) is 10.3 Å². The normalized spacial score (nSPS) is 34.8. The zero-order chi connectivity index (χ0) is 27.1. The molecule has 0 unspecified atom stereocenters. The molecule has 1 aromatic rings. The summed E-state index contributed by atoms with van der Waals surface area (Å²) in [7, 11) is 0. The second kappa shape index (κ2) is 10.6. The predicted octanol–water partition coefficient (Wildman–Crippen LogP) is 4.76. The highest BCUT2D eigenvalue weighted by atomic mass is 16.5. The number of aliphatic hydroxyl groups is 1. The molecule has 0 aliphatic heterocycles. The lowest BCUT2D eigenvalue weighted by Crippen LogP contribution is -2.51. The largest absolute Gasteiger partial charge is 0.462 e. The molecule has 3 fully saturated rings. The molecular formula is C31H42N2O5. The summed E-state index contributed by atoms with van der Waals surface area (Å²) in [4.78, 5) is 41.3. The number of ether oxygens (including phenoxy) is 1. The number of carbonyl (C=O) groups is 3. The number of aromatic nitrogens is 1. The number of pyridine rings is 1. The molecule has 0 bridgehead atoms. The number of esters is 1. The number of nitrogens with one attached hydrogen (secondary N) is 1. The van der Waals surface area contributed by atoms with Crippen LogP contribution in [0.25, 0.3) is 0 Å². The van der Waals surface area contributed by atoms with Crippen LogP contribution in [0.2, 0.25) is 0 Å². The minimum absolute atomic E-state index is 0.0205. The van der Waals surface area contributed by atoms with Crippen LogP contribution in [0.1, 0.15) is 95.4 Å². The number of aryl methyl sites for hydroxylation is 1. The first kappa shape index (κ1) is 27.0. The van der Waals surface area contributed by atoms with Crippen molar-refractivity contribution in [3.05, 3.63) is 41.2 Å². The summed E-state index contributed by atoms with van der Waals surface area (Å²) in [5.74, 6) is 1.46. The minimum Gasteiger partial charge on any atom is -0.462 e. The van der Waals surface area contributed by atoms with E-state index in [9.17, 15) is 19.5 Å². The van der Waals surface area contributed by atoms with Gasteiger partial charge in [0.2, 0.25) is 5.91 Å². The first-order chi connectivity index (χ1) is 18.1. The quantitative estimate of drug-likeness (QED) is 0.500.